The molecule has 0 saturated heterocycles. The van der Waals surface area contributed by atoms with Gasteiger partial charge < -0.3 is 0 Å². The normalized spacial score (nSPS) is 10.1. The number of carbonyl (C=O) groups is 1. The van der Waals surface area contributed by atoms with Crippen molar-refractivity contribution in [3.05, 3.63) is 52.8 Å². The number of rotatable bonds is 3. The summed E-state index contributed by atoms with van der Waals surface area (Å²) in [6.07, 6.45) is 8.14. The number of hydrogen-bond donors (Lipinski definition) is 0. The van der Waals surface area contributed by atoms with E-state index in [0.717, 1.165) is 10.0 Å². The van der Waals surface area contributed by atoms with E-state index in [1.807, 2.05) is 6.07 Å². The van der Waals surface area contributed by atoms with E-state index in [2.05, 4.69) is 30.9 Å². The predicted molar refractivity (Wildman–Crippen MR) is 62.0 cm³/mol. The third-order valence-electron chi connectivity index (χ3n) is 1.98. The van der Waals surface area contributed by atoms with Crippen LogP contribution in [-0.2, 0) is 6.42 Å². The minimum Gasteiger partial charge on any atom is -0.292 e. The number of aromatic nitrogens is 3. The molecule has 16 heavy (non-hydrogen) atoms. The van der Waals surface area contributed by atoms with E-state index in [0.29, 0.717) is 5.69 Å². The average Bonchev–Trinajstić information content (AvgIpc) is 2.30. The smallest absolute Gasteiger partial charge is 0.187 e. The Bertz CT molecular complexity index is 502. The van der Waals surface area contributed by atoms with Crippen LogP contribution in [0.15, 0.2) is 41.5 Å². The van der Waals surface area contributed by atoms with Crippen molar-refractivity contribution >= 4 is 21.7 Å². The van der Waals surface area contributed by atoms with Crippen molar-refractivity contribution in [2.45, 2.75) is 6.42 Å². The predicted octanol–water partition coefficient (Wildman–Crippen LogP) is 2.06. The maximum Gasteiger partial charge on any atom is 0.187 e. The largest absolute Gasteiger partial charge is 0.292 e. The molecule has 0 fully saturated rings. The zero-order valence-corrected chi connectivity index (χ0v) is 9.89. The van der Waals surface area contributed by atoms with Crippen LogP contribution in [0.25, 0.3) is 0 Å². The van der Waals surface area contributed by atoms with Gasteiger partial charge in [0.15, 0.2) is 5.78 Å². The molecule has 80 valence electrons. The molecule has 2 aromatic heterocycles. The first kappa shape index (κ1) is 10.9. The lowest BCUT2D eigenvalue weighted by Gasteiger charge is -2.00. The molecular weight excluding hydrogens is 270 g/mol. The summed E-state index contributed by atoms with van der Waals surface area (Å²) in [4.78, 5) is 23.6. The van der Waals surface area contributed by atoms with Gasteiger partial charge in [0.2, 0.25) is 0 Å². The van der Waals surface area contributed by atoms with Gasteiger partial charge in [-0.25, -0.2) is 4.98 Å². The van der Waals surface area contributed by atoms with Crippen LogP contribution in [-0.4, -0.2) is 20.7 Å². The van der Waals surface area contributed by atoms with E-state index < -0.39 is 0 Å². The third-order valence-corrected chi connectivity index (χ3v) is 2.41. The van der Waals surface area contributed by atoms with Gasteiger partial charge in [0.05, 0.1) is 6.20 Å². The molecule has 0 saturated carbocycles. The van der Waals surface area contributed by atoms with Gasteiger partial charge in [-0.15, -0.1) is 0 Å². The van der Waals surface area contributed by atoms with Gasteiger partial charge in [0.1, 0.15) is 5.69 Å². The highest BCUT2D eigenvalue weighted by Crippen LogP contribution is 2.11. The van der Waals surface area contributed by atoms with Crippen LogP contribution < -0.4 is 0 Å². The Kier molecular flexibility index (Phi) is 3.36. The van der Waals surface area contributed by atoms with Crippen molar-refractivity contribution in [3.8, 4) is 0 Å². The highest BCUT2D eigenvalue weighted by atomic mass is 79.9. The van der Waals surface area contributed by atoms with E-state index in [4.69, 9.17) is 0 Å². The molecular formula is C11H8BrN3O. The first-order valence-corrected chi connectivity index (χ1v) is 5.43. The summed E-state index contributed by atoms with van der Waals surface area (Å²) in [6, 6.07) is 1.86. The SMILES string of the molecule is O=C(Cc1cncc(Br)c1)c1cnccn1. The Morgan fingerprint density at radius 2 is 2.06 bits per heavy atom. The van der Waals surface area contributed by atoms with Crippen molar-refractivity contribution in [1.29, 1.82) is 0 Å². The van der Waals surface area contributed by atoms with Crippen LogP contribution in [0.2, 0.25) is 0 Å². The Morgan fingerprint density at radius 1 is 1.19 bits per heavy atom. The van der Waals surface area contributed by atoms with Gasteiger partial charge in [0.25, 0.3) is 0 Å². The Morgan fingerprint density at radius 3 is 2.75 bits per heavy atom. The molecule has 0 aromatic carbocycles. The molecule has 5 heteroatoms. The van der Waals surface area contributed by atoms with Gasteiger partial charge in [-0.3, -0.25) is 14.8 Å². The summed E-state index contributed by atoms with van der Waals surface area (Å²) in [5, 5.41) is 0. The molecule has 0 atom stereocenters. The van der Waals surface area contributed by atoms with Crippen LogP contribution in [0.5, 0.6) is 0 Å². The van der Waals surface area contributed by atoms with Crippen LogP contribution >= 0.6 is 15.9 Å². The molecule has 2 rings (SSSR count). The molecule has 0 aliphatic carbocycles. The van der Waals surface area contributed by atoms with E-state index in [9.17, 15) is 4.79 Å². The molecule has 2 aromatic rings. The maximum absolute atomic E-state index is 11.8. The van der Waals surface area contributed by atoms with Crippen LogP contribution in [0.1, 0.15) is 16.1 Å². The van der Waals surface area contributed by atoms with E-state index in [-0.39, 0.29) is 12.2 Å². The monoisotopic (exact) mass is 277 g/mol. The maximum atomic E-state index is 11.8. The second kappa shape index (κ2) is 4.94. The molecule has 0 spiro atoms. The number of nitrogens with zero attached hydrogens (tertiary/aromatic N) is 3. The van der Waals surface area contributed by atoms with Crippen LogP contribution in [0.3, 0.4) is 0 Å². The molecule has 0 bridgehead atoms. The number of Topliss-reactive ketones (excluding diaryl/α,β-unsaturated/α-hetero) is 1. The average molecular weight is 278 g/mol. The van der Waals surface area contributed by atoms with Gasteiger partial charge >= 0.3 is 0 Å². The molecule has 0 aliphatic heterocycles. The van der Waals surface area contributed by atoms with Gasteiger partial charge in [-0.05, 0) is 27.6 Å². The molecule has 0 aliphatic rings. The Balaban J connectivity index is 2.14. The summed E-state index contributed by atoms with van der Waals surface area (Å²) in [5.41, 5.74) is 1.23. The summed E-state index contributed by atoms with van der Waals surface area (Å²) >= 11 is 3.31. The lowest BCUT2D eigenvalue weighted by atomic mass is 10.1. The molecule has 0 radical (unpaired) electrons. The van der Waals surface area contributed by atoms with Crippen LogP contribution in [0.4, 0.5) is 0 Å². The topological polar surface area (TPSA) is 55.7 Å². The number of hydrogen-bond acceptors (Lipinski definition) is 4. The Labute approximate surface area is 101 Å². The lowest BCUT2D eigenvalue weighted by Crippen LogP contribution is -2.06. The summed E-state index contributed by atoms with van der Waals surface area (Å²) in [6.45, 7) is 0. The minimum atomic E-state index is -0.0620. The second-order valence-electron chi connectivity index (χ2n) is 3.20. The zero-order chi connectivity index (χ0) is 11.4. The number of carbonyl (C=O) groups excluding carboxylic acids is 1. The fourth-order valence-corrected chi connectivity index (χ4v) is 1.68. The van der Waals surface area contributed by atoms with Crippen LogP contribution in [0, 0.1) is 0 Å². The van der Waals surface area contributed by atoms with Crippen molar-refractivity contribution in [1.82, 2.24) is 15.0 Å². The quantitative estimate of drug-likeness (QED) is 0.806. The highest BCUT2D eigenvalue weighted by Gasteiger charge is 2.08. The van der Waals surface area contributed by atoms with Gasteiger partial charge in [-0.1, -0.05) is 0 Å². The van der Waals surface area contributed by atoms with E-state index in [1.54, 1.807) is 12.4 Å². The summed E-state index contributed by atoms with van der Waals surface area (Å²) in [5.74, 6) is -0.0620. The first-order chi connectivity index (χ1) is 7.75. The van der Waals surface area contributed by atoms with E-state index in [1.165, 1.54) is 18.6 Å². The Hall–Kier alpha value is -1.62. The van der Waals surface area contributed by atoms with Gasteiger partial charge in [0, 0.05) is 35.7 Å². The van der Waals surface area contributed by atoms with Crippen molar-refractivity contribution in [2.24, 2.45) is 0 Å². The van der Waals surface area contributed by atoms with E-state index >= 15 is 0 Å². The number of pyridine rings is 1. The summed E-state index contributed by atoms with van der Waals surface area (Å²) in [7, 11) is 0. The first-order valence-electron chi connectivity index (χ1n) is 4.64. The molecule has 4 nitrogen and oxygen atoms in total. The number of ketones is 1. The van der Waals surface area contributed by atoms with Crippen molar-refractivity contribution in [3.63, 3.8) is 0 Å². The molecule has 2 heterocycles. The molecule has 0 amide bonds. The highest BCUT2D eigenvalue weighted by molar-refractivity contribution is 9.10. The summed E-state index contributed by atoms with van der Waals surface area (Å²) < 4.78 is 0.858. The standard InChI is InChI=1S/C11H8BrN3O/c12-9-3-8(5-14-6-9)4-11(16)10-7-13-1-2-15-10/h1-3,5-7H,4H2. The number of halogens is 1. The fourth-order valence-electron chi connectivity index (χ4n) is 1.27. The zero-order valence-electron chi connectivity index (χ0n) is 8.30. The lowest BCUT2D eigenvalue weighted by molar-refractivity contribution is 0.0987. The molecule has 0 N–H and O–H groups in total. The third kappa shape index (κ3) is 2.70. The molecule has 0 unspecified atom stereocenters. The van der Waals surface area contributed by atoms with Crippen molar-refractivity contribution in [2.75, 3.05) is 0 Å². The fraction of sp³-hybridized carbons (Fsp3) is 0.0909. The van der Waals surface area contributed by atoms with Crippen molar-refractivity contribution < 1.29 is 4.79 Å². The minimum absolute atomic E-state index is 0.0620. The van der Waals surface area contributed by atoms with Gasteiger partial charge in [-0.2, -0.15) is 0 Å². The second-order valence-corrected chi connectivity index (χ2v) is 4.12.